The fourth-order valence-electron chi connectivity index (χ4n) is 13.6. The Balaban J connectivity index is 0.599. The van der Waals surface area contributed by atoms with Gasteiger partial charge in [-0.1, -0.05) is 98.0 Å². The van der Waals surface area contributed by atoms with Crippen molar-refractivity contribution in [2.45, 2.75) is 136 Å². The molecule has 524 valence electrons. The lowest BCUT2D eigenvalue weighted by atomic mass is 9.97. The van der Waals surface area contributed by atoms with Crippen LogP contribution in [0.4, 0.5) is 21.9 Å². The predicted octanol–water partition coefficient (Wildman–Crippen LogP) is 8.37. The molecule has 5 atom stereocenters. The number of benzene rings is 6. The van der Waals surface area contributed by atoms with E-state index in [9.17, 15) is 48.3 Å². The Bertz CT molecular complexity index is 4350. The number of carbonyl (C=O) groups is 9. The molecule has 1 saturated carbocycles. The van der Waals surface area contributed by atoms with E-state index in [1.54, 1.807) is 79.3 Å². The number of fused-ring (bicyclic) bond motifs is 6. The number of rotatable bonds is 23. The molecule has 1 aliphatic carbocycles. The van der Waals surface area contributed by atoms with Gasteiger partial charge in [0, 0.05) is 66.5 Å². The van der Waals surface area contributed by atoms with Crippen LogP contribution in [0.3, 0.4) is 0 Å². The monoisotopic (exact) mass is 1370 g/mol. The fourth-order valence-corrected chi connectivity index (χ4v) is 13.6. The van der Waals surface area contributed by atoms with Crippen LogP contribution in [0, 0.1) is 37.0 Å². The zero-order valence-corrected chi connectivity index (χ0v) is 57.4. The van der Waals surface area contributed by atoms with E-state index in [1.807, 2.05) is 66.6 Å². The molecule has 101 heavy (non-hydrogen) atoms. The maximum atomic E-state index is 14.4. The molecule has 23 nitrogen and oxygen atoms in total. The third-order valence-electron chi connectivity index (χ3n) is 19.6. The topological polar surface area (TPSA) is 284 Å². The minimum absolute atomic E-state index is 0.0457. The number of ether oxygens (including phenoxy) is 4. The molecule has 1 saturated heterocycles. The number of hydrogen-bond acceptors (Lipinski definition) is 14. The van der Waals surface area contributed by atoms with Gasteiger partial charge in [0.1, 0.15) is 24.4 Å². The summed E-state index contributed by atoms with van der Waals surface area (Å²) < 4.78 is 24.3. The van der Waals surface area contributed by atoms with E-state index in [-0.39, 0.29) is 79.6 Å². The summed E-state index contributed by atoms with van der Waals surface area (Å²) >= 11 is 0. The molecule has 1 unspecified atom stereocenters. The average molecular weight is 1370 g/mol. The van der Waals surface area contributed by atoms with Crippen molar-refractivity contribution >= 4 is 76.0 Å². The number of nitrogens with one attached hydrogen (secondary N) is 5. The number of aryl methyl sites for hydroxylation is 3. The van der Waals surface area contributed by atoms with Crippen molar-refractivity contribution in [2.24, 2.45) is 11.3 Å². The molecule has 6 N–H and O–H groups in total. The lowest BCUT2D eigenvalue weighted by molar-refractivity contribution is -0.132. The number of amides is 9. The van der Waals surface area contributed by atoms with Crippen molar-refractivity contribution in [3.8, 4) is 29.1 Å². The van der Waals surface area contributed by atoms with Crippen molar-refractivity contribution in [3.63, 3.8) is 0 Å². The first kappa shape index (κ1) is 69.9. The molecule has 0 aromatic heterocycles. The zero-order chi connectivity index (χ0) is 71.2. The number of nitrogens with zero attached hydrogens (tertiary/aromatic N) is 4. The van der Waals surface area contributed by atoms with Crippen molar-refractivity contribution < 1.29 is 67.2 Å². The van der Waals surface area contributed by atoms with Gasteiger partial charge in [-0.05, 0) is 153 Å². The zero-order valence-electron chi connectivity index (χ0n) is 57.4. The van der Waals surface area contributed by atoms with Crippen LogP contribution in [-0.4, -0.2) is 139 Å². The summed E-state index contributed by atoms with van der Waals surface area (Å²) in [5.74, 6) is 3.39. The molecular formula is C78H83N9O14. The number of aliphatic hydroxyl groups excluding tert-OH is 1. The number of para-hydroxylation sites is 1. The Morgan fingerprint density at radius 3 is 2.15 bits per heavy atom. The number of carbonyl (C=O) groups excluding carboxylic acids is 9. The van der Waals surface area contributed by atoms with Crippen LogP contribution >= 0.6 is 0 Å². The fraction of sp³-hybridized carbons (Fsp3) is 0.372. The molecule has 9 amide bonds. The Morgan fingerprint density at radius 2 is 1.41 bits per heavy atom. The van der Waals surface area contributed by atoms with Crippen LogP contribution in [-0.2, 0) is 53.1 Å². The first-order chi connectivity index (χ1) is 48.6. The van der Waals surface area contributed by atoms with Gasteiger partial charge >= 0.3 is 6.09 Å². The molecule has 5 aliphatic heterocycles. The molecule has 0 bridgehead atoms. The van der Waals surface area contributed by atoms with E-state index >= 15 is 0 Å². The summed E-state index contributed by atoms with van der Waals surface area (Å²) in [4.78, 5) is 128. The van der Waals surface area contributed by atoms with Crippen LogP contribution < -0.4 is 50.6 Å². The van der Waals surface area contributed by atoms with Crippen molar-refractivity contribution in [2.75, 3.05) is 55.1 Å². The smallest absolute Gasteiger partial charge is 0.416 e. The van der Waals surface area contributed by atoms with Gasteiger partial charge in [-0.15, -0.1) is 0 Å². The van der Waals surface area contributed by atoms with Crippen molar-refractivity contribution in [3.05, 3.63) is 183 Å². The Hall–Kier alpha value is -11.0. The molecule has 1 spiro atoms. The molecule has 23 heteroatoms. The quantitative estimate of drug-likeness (QED) is 0.0260. The van der Waals surface area contributed by atoms with E-state index < -0.39 is 79.0 Å². The summed E-state index contributed by atoms with van der Waals surface area (Å²) in [6.45, 7) is 8.67. The van der Waals surface area contributed by atoms with Crippen LogP contribution in [0.1, 0.15) is 137 Å². The number of anilines is 3. The molecule has 6 aromatic rings. The maximum Gasteiger partial charge on any atom is 0.416 e. The summed E-state index contributed by atoms with van der Waals surface area (Å²) in [6, 6.07) is 33.8. The predicted molar refractivity (Wildman–Crippen MR) is 376 cm³/mol. The van der Waals surface area contributed by atoms with Gasteiger partial charge < -0.3 is 65.3 Å². The Labute approximate surface area is 586 Å². The van der Waals surface area contributed by atoms with Gasteiger partial charge in [-0.2, -0.15) is 0 Å². The van der Waals surface area contributed by atoms with Gasteiger partial charge in [0.25, 0.3) is 11.8 Å². The van der Waals surface area contributed by atoms with Crippen molar-refractivity contribution in [1.82, 2.24) is 31.1 Å². The van der Waals surface area contributed by atoms with Gasteiger partial charge in [0.2, 0.25) is 35.4 Å². The molecule has 0 radical (unpaired) electrons. The Kier molecular flexibility index (Phi) is 20.9. The second-order valence-electron chi connectivity index (χ2n) is 27.2. The van der Waals surface area contributed by atoms with E-state index in [2.05, 4.69) is 69.6 Å². The number of aliphatic hydroxyl groups is 1. The number of hydrogen-bond donors (Lipinski definition) is 6. The highest BCUT2D eigenvalue weighted by Gasteiger charge is 2.58. The van der Waals surface area contributed by atoms with Crippen molar-refractivity contribution in [1.29, 1.82) is 0 Å². The normalized spacial score (nSPS) is 17.9. The molecular weight excluding hydrogens is 1290 g/mol. The minimum Gasteiger partial charge on any atom is -0.493 e. The second-order valence-corrected chi connectivity index (χ2v) is 27.2. The van der Waals surface area contributed by atoms with Gasteiger partial charge in [-0.3, -0.25) is 38.4 Å². The standard InChI is InChI=1S/C78H83N9O14/c1-46(2)71(83-69(90)41-80-68(89)40-79-67(88)28-29-70(91)85-42-55-14-8-7-12-51(55)22-23-53-13-9-10-15-61(53)85)73(93)81-49(5)72(92)82-57-25-18-50(19-26-57)44-101-77(97)87-62-38-64(48(4)34-60(62)75(95)86-45-78(30-31-78)39-63(86)76(87)96)99-32-11-33-100-66-36-54-24-27-58-35-56(52-20-16-47(3)17-21-52)43-84(58)74(94)59(54)37-65(66)98-6/h7-10,12-21,25-26,34,36-38,43,46,49,58,63,71,76,96H,11,24,27-33,35,39-42,44-45H2,1-6H3,(H,79,88)(H,80,89)(H,81,93)(H,82,92)(H,83,90)/t49-,58+,63-,71-,76?/m0/s1. The van der Waals surface area contributed by atoms with Crippen LogP contribution in [0.2, 0.25) is 0 Å². The van der Waals surface area contributed by atoms with Gasteiger partial charge in [0.05, 0.1) is 62.9 Å². The summed E-state index contributed by atoms with van der Waals surface area (Å²) in [5, 5.41) is 25.1. The van der Waals surface area contributed by atoms with E-state index in [0.717, 1.165) is 58.4 Å². The van der Waals surface area contributed by atoms with E-state index in [1.165, 1.54) is 12.5 Å². The molecule has 5 heterocycles. The van der Waals surface area contributed by atoms with Crippen LogP contribution in [0.15, 0.2) is 128 Å². The largest absolute Gasteiger partial charge is 0.493 e. The second kappa shape index (κ2) is 30.2. The summed E-state index contributed by atoms with van der Waals surface area (Å²) in [5.41, 5.74) is 9.67. The first-order valence-corrected chi connectivity index (χ1v) is 34.3. The lowest BCUT2D eigenvalue weighted by Gasteiger charge is -2.31. The third kappa shape index (κ3) is 15.9. The highest BCUT2D eigenvalue weighted by Crippen LogP contribution is 2.57. The summed E-state index contributed by atoms with van der Waals surface area (Å²) in [7, 11) is 1.54. The minimum atomic E-state index is -1.45. The molecule has 2 fully saturated rings. The van der Waals surface area contributed by atoms with Gasteiger partial charge in [-0.25, -0.2) is 9.69 Å². The number of methoxy groups -OCH3 is 1. The van der Waals surface area contributed by atoms with Crippen LogP contribution in [0.5, 0.6) is 17.2 Å². The highest BCUT2D eigenvalue weighted by molar-refractivity contribution is 6.06. The van der Waals surface area contributed by atoms with Crippen LogP contribution in [0.25, 0.3) is 5.57 Å². The van der Waals surface area contributed by atoms with E-state index in [0.29, 0.717) is 76.7 Å². The summed E-state index contributed by atoms with van der Waals surface area (Å²) in [6.07, 6.45) is 4.35. The first-order valence-electron chi connectivity index (χ1n) is 34.3. The lowest BCUT2D eigenvalue weighted by Crippen LogP contribution is -2.55. The average Bonchev–Trinajstić information content (AvgIpc) is 1.57. The maximum absolute atomic E-state index is 14.4. The highest BCUT2D eigenvalue weighted by atomic mass is 16.6. The Morgan fingerprint density at radius 1 is 0.703 bits per heavy atom. The van der Waals surface area contributed by atoms with E-state index in [4.69, 9.17) is 18.9 Å². The SMILES string of the molecule is COc1cc2c(cc1OCCCOc1cc3c(cc1C)C(=O)N1CC4(CC4)C[C@H]1C(O)N3C(=O)OCc1ccc(NC(=O)[C@H](C)NC(=O)[C@@H](NC(=O)CNC(=O)CNC(=O)CCC(=O)N3Cc4ccccc4C#Cc4ccccc43)C(C)C)cc1)CC[C@@H]1CC(c3ccc(C)cc3)=CN1C2=O. The molecule has 6 aliphatic rings. The molecule has 6 aromatic carbocycles. The molecule has 12 rings (SSSR count). The van der Waals surface area contributed by atoms with Gasteiger partial charge in [0.15, 0.2) is 17.7 Å². The third-order valence-corrected chi connectivity index (χ3v) is 19.6.